The van der Waals surface area contributed by atoms with Crippen molar-refractivity contribution in [3.8, 4) is 0 Å². The van der Waals surface area contributed by atoms with Crippen LogP contribution < -0.4 is 33.2 Å². The van der Waals surface area contributed by atoms with E-state index in [9.17, 15) is 24.3 Å². The Labute approximate surface area is 187 Å². The maximum Gasteiger partial charge on any atom is 0.326 e. The van der Waals surface area contributed by atoms with E-state index in [1.54, 1.807) is 0 Å². The zero-order valence-electron chi connectivity index (χ0n) is 18.1. The molecule has 0 heterocycles. The Morgan fingerprint density at radius 2 is 1.55 bits per heavy atom. The summed E-state index contributed by atoms with van der Waals surface area (Å²) in [5.74, 6) is -2.91. The fourth-order valence-electron chi connectivity index (χ4n) is 2.50. The monoisotopic (exact) mass is 461 g/mol. The largest absolute Gasteiger partial charge is 0.480 e. The van der Waals surface area contributed by atoms with Crippen molar-refractivity contribution in [3.05, 3.63) is 0 Å². The number of carboxylic acid groups (broad SMARTS) is 1. The van der Waals surface area contributed by atoms with Gasteiger partial charge in [0.15, 0.2) is 5.96 Å². The van der Waals surface area contributed by atoms with E-state index in [4.69, 9.17) is 17.2 Å². The van der Waals surface area contributed by atoms with Gasteiger partial charge in [0.1, 0.15) is 18.1 Å². The first-order valence-electron chi connectivity index (χ1n) is 9.94. The van der Waals surface area contributed by atoms with E-state index in [1.165, 1.54) is 6.92 Å². The van der Waals surface area contributed by atoms with Crippen molar-refractivity contribution in [2.24, 2.45) is 28.1 Å². The summed E-state index contributed by atoms with van der Waals surface area (Å²) in [6, 6.07) is -3.97. The molecule has 0 aliphatic heterocycles. The summed E-state index contributed by atoms with van der Waals surface area (Å²) in [6.45, 7) is 5.39. The molecule has 178 valence electrons. The Morgan fingerprint density at radius 1 is 0.968 bits per heavy atom. The fourth-order valence-corrected chi connectivity index (χ4v) is 2.67. The summed E-state index contributed by atoms with van der Waals surface area (Å²) < 4.78 is 0. The van der Waals surface area contributed by atoms with Crippen molar-refractivity contribution in [2.75, 3.05) is 12.3 Å². The lowest BCUT2D eigenvalue weighted by Gasteiger charge is -2.24. The summed E-state index contributed by atoms with van der Waals surface area (Å²) in [5.41, 5.74) is 16.1. The molecule has 0 radical (unpaired) electrons. The number of hydrogen-bond acceptors (Lipinski definition) is 7. The zero-order valence-corrected chi connectivity index (χ0v) is 19.0. The van der Waals surface area contributed by atoms with Crippen molar-refractivity contribution in [1.29, 1.82) is 0 Å². The highest BCUT2D eigenvalue weighted by Crippen LogP contribution is 2.06. The molecule has 12 nitrogen and oxygen atoms in total. The van der Waals surface area contributed by atoms with Gasteiger partial charge in [0, 0.05) is 12.3 Å². The van der Waals surface area contributed by atoms with Crippen molar-refractivity contribution < 1.29 is 24.3 Å². The maximum absolute atomic E-state index is 12.6. The molecule has 0 fully saturated rings. The molecule has 13 heteroatoms. The Bertz CT molecular complexity index is 655. The summed E-state index contributed by atoms with van der Waals surface area (Å²) >= 11 is 3.96. The minimum absolute atomic E-state index is 0.0778. The second-order valence-corrected chi connectivity index (χ2v) is 7.92. The first kappa shape index (κ1) is 28.5. The van der Waals surface area contributed by atoms with Crippen molar-refractivity contribution >= 4 is 42.3 Å². The highest BCUT2D eigenvalue weighted by atomic mass is 32.1. The third-order valence-electron chi connectivity index (χ3n) is 4.19. The molecule has 0 aromatic heterocycles. The summed E-state index contributed by atoms with van der Waals surface area (Å²) in [5, 5.41) is 16.7. The number of aliphatic imine (C=N–C) groups is 1. The maximum atomic E-state index is 12.6. The third-order valence-corrected chi connectivity index (χ3v) is 4.58. The molecule has 4 unspecified atom stereocenters. The summed E-state index contributed by atoms with van der Waals surface area (Å²) in [7, 11) is 0. The molecule has 3 amide bonds. The normalized spacial score (nSPS) is 14.6. The number of aliphatic carboxylic acids is 1. The van der Waals surface area contributed by atoms with Gasteiger partial charge in [-0.3, -0.25) is 19.4 Å². The number of carbonyl (C=O) groups excluding carboxylic acids is 3. The predicted molar refractivity (Wildman–Crippen MR) is 120 cm³/mol. The number of guanidine groups is 1. The minimum Gasteiger partial charge on any atom is -0.480 e. The van der Waals surface area contributed by atoms with Crippen LogP contribution in [0.5, 0.6) is 0 Å². The number of thiol groups is 1. The molecule has 10 N–H and O–H groups in total. The average molecular weight is 462 g/mol. The zero-order chi connectivity index (χ0) is 24.1. The lowest BCUT2D eigenvalue weighted by Crippen LogP contribution is -2.56. The van der Waals surface area contributed by atoms with Crippen molar-refractivity contribution in [3.63, 3.8) is 0 Å². The fraction of sp³-hybridized carbons (Fsp3) is 0.722. The average Bonchev–Trinajstić information content (AvgIpc) is 2.67. The van der Waals surface area contributed by atoms with Crippen LogP contribution in [0.4, 0.5) is 0 Å². The van der Waals surface area contributed by atoms with E-state index >= 15 is 0 Å². The quantitative estimate of drug-likeness (QED) is 0.0619. The molecule has 0 saturated heterocycles. The number of nitrogens with one attached hydrogen (secondary N) is 3. The van der Waals surface area contributed by atoms with Gasteiger partial charge < -0.3 is 38.3 Å². The van der Waals surface area contributed by atoms with Gasteiger partial charge in [0.25, 0.3) is 0 Å². The lowest BCUT2D eigenvalue weighted by molar-refractivity contribution is -0.142. The van der Waals surface area contributed by atoms with Crippen LogP contribution in [0.1, 0.15) is 40.0 Å². The lowest BCUT2D eigenvalue weighted by atomic mass is 10.0. The predicted octanol–water partition coefficient (Wildman–Crippen LogP) is -2.10. The number of carboxylic acids is 1. The van der Waals surface area contributed by atoms with Gasteiger partial charge in [0.05, 0.1) is 6.04 Å². The smallest absolute Gasteiger partial charge is 0.326 e. The number of rotatable bonds is 14. The minimum atomic E-state index is -1.22. The van der Waals surface area contributed by atoms with Crippen LogP contribution in [-0.4, -0.2) is 71.2 Å². The van der Waals surface area contributed by atoms with Crippen molar-refractivity contribution in [1.82, 2.24) is 16.0 Å². The molecular formula is C18H35N7O5S. The molecule has 0 aromatic carbocycles. The highest BCUT2D eigenvalue weighted by molar-refractivity contribution is 7.80. The molecular weight excluding hydrogens is 426 g/mol. The second-order valence-electron chi connectivity index (χ2n) is 7.56. The highest BCUT2D eigenvalue weighted by Gasteiger charge is 2.28. The first-order valence-corrected chi connectivity index (χ1v) is 10.6. The van der Waals surface area contributed by atoms with Crippen LogP contribution >= 0.6 is 12.6 Å². The molecule has 0 saturated carbocycles. The SMILES string of the molecule is CC(C)CC(NC(=O)C(N)CS)C(=O)NC(C)C(=O)NC(CCCN=C(N)N)C(=O)O. The van der Waals surface area contributed by atoms with Gasteiger partial charge >= 0.3 is 5.97 Å². The Hall–Kier alpha value is -2.54. The van der Waals surface area contributed by atoms with Crippen LogP contribution in [0.3, 0.4) is 0 Å². The number of nitrogens with zero attached hydrogens (tertiary/aromatic N) is 1. The van der Waals surface area contributed by atoms with Crippen LogP contribution in [0.15, 0.2) is 4.99 Å². The molecule has 4 atom stereocenters. The Balaban J connectivity index is 4.95. The van der Waals surface area contributed by atoms with E-state index in [2.05, 4.69) is 33.6 Å². The van der Waals surface area contributed by atoms with Gasteiger partial charge in [-0.1, -0.05) is 13.8 Å². The molecule has 31 heavy (non-hydrogen) atoms. The van der Waals surface area contributed by atoms with Crippen LogP contribution in [0, 0.1) is 5.92 Å². The number of carbonyl (C=O) groups is 4. The van der Waals surface area contributed by atoms with Crippen LogP contribution in [0.25, 0.3) is 0 Å². The molecule has 0 bridgehead atoms. The summed E-state index contributed by atoms with van der Waals surface area (Å²) in [4.78, 5) is 52.2. The van der Waals surface area contributed by atoms with Crippen LogP contribution in [0.2, 0.25) is 0 Å². The van der Waals surface area contributed by atoms with E-state index in [0.717, 1.165) is 0 Å². The van der Waals surface area contributed by atoms with Gasteiger partial charge in [-0.25, -0.2) is 4.79 Å². The molecule has 0 aliphatic carbocycles. The second kappa shape index (κ2) is 14.5. The van der Waals surface area contributed by atoms with E-state index in [0.29, 0.717) is 12.8 Å². The standard InChI is InChI=1S/C18H35N7O5S/c1-9(2)7-13(25-15(27)11(19)8-31)16(28)23-10(3)14(26)24-12(17(29)30)5-4-6-22-18(20)21/h9-13,31H,4-8,19H2,1-3H3,(H,23,28)(H,24,26)(H,25,27)(H,29,30)(H4,20,21,22). The Morgan fingerprint density at radius 3 is 2.03 bits per heavy atom. The number of hydrogen-bond donors (Lipinski definition) is 8. The molecule has 0 spiro atoms. The molecule has 0 rings (SSSR count). The van der Waals surface area contributed by atoms with Gasteiger partial charge in [-0.15, -0.1) is 0 Å². The topological polar surface area (TPSA) is 215 Å². The number of amides is 3. The molecule has 0 aromatic rings. The first-order chi connectivity index (χ1) is 14.4. The van der Waals surface area contributed by atoms with E-state index < -0.39 is 47.9 Å². The molecule has 0 aliphatic rings. The van der Waals surface area contributed by atoms with Gasteiger partial charge in [-0.05, 0) is 32.1 Å². The van der Waals surface area contributed by atoms with E-state index in [-0.39, 0.29) is 30.6 Å². The number of nitrogens with two attached hydrogens (primary N) is 3. The van der Waals surface area contributed by atoms with E-state index in [1.807, 2.05) is 13.8 Å². The third kappa shape index (κ3) is 12.0. The van der Waals surface area contributed by atoms with Crippen LogP contribution in [-0.2, 0) is 19.2 Å². The van der Waals surface area contributed by atoms with Crippen molar-refractivity contribution in [2.45, 2.75) is 64.2 Å². The van der Waals surface area contributed by atoms with Gasteiger partial charge in [-0.2, -0.15) is 12.6 Å². The van der Waals surface area contributed by atoms with Gasteiger partial charge in [0.2, 0.25) is 17.7 Å². The Kier molecular flexibility index (Phi) is 13.3. The summed E-state index contributed by atoms with van der Waals surface area (Å²) in [6.07, 6.45) is 0.768.